The molecule has 0 spiro atoms. The molecule has 0 radical (unpaired) electrons. The first-order valence-electron chi connectivity index (χ1n) is 7.72. The van der Waals surface area contributed by atoms with Gasteiger partial charge in [0.2, 0.25) is 0 Å². The summed E-state index contributed by atoms with van der Waals surface area (Å²) in [6.45, 7) is 6.16. The van der Waals surface area contributed by atoms with Crippen LogP contribution in [0, 0.1) is 0 Å². The van der Waals surface area contributed by atoms with Crippen LogP contribution in [0.25, 0.3) is 5.52 Å². The van der Waals surface area contributed by atoms with Crippen molar-refractivity contribution < 1.29 is 14.3 Å². The Kier molecular flexibility index (Phi) is 5.83. The molecule has 0 bridgehead atoms. The van der Waals surface area contributed by atoms with E-state index in [1.54, 1.807) is 26.8 Å². The van der Waals surface area contributed by atoms with E-state index in [1.807, 2.05) is 0 Å². The minimum atomic E-state index is -0.538. The fraction of sp³-hybridized carbons (Fsp3) is 0.467. The summed E-state index contributed by atoms with van der Waals surface area (Å²) < 4.78 is 7.23. The largest absolute Gasteiger partial charge is 0.444 e. The Morgan fingerprint density at radius 3 is 2.68 bits per heavy atom. The molecule has 0 aromatic carbocycles. The lowest BCUT2D eigenvalue weighted by molar-refractivity contribution is 0.0527. The minimum Gasteiger partial charge on any atom is -0.444 e. The Morgan fingerprint density at radius 1 is 1.32 bits per heavy atom. The zero-order chi connectivity index (χ0) is 18.6. The van der Waals surface area contributed by atoms with E-state index < -0.39 is 11.7 Å². The van der Waals surface area contributed by atoms with Gasteiger partial charge in [0, 0.05) is 13.1 Å². The number of aromatic nitrogens is 3. The Balaban J connectivity index is 1.85. The molecule has 0 saturated heterocycles. The number of nitrogens with two attached hydrogens (primary N) is 1. The lowest BCUT2D eigenvalue weighted by Crippen LogP contribution is -2.34. The van der Waals surface area contributed by atoms with Crippen molar-refractivity contribution in [3.63, 3.8) is 0 Å². The summed E-state index contributed by atoms with van der Waals surface area (Å²) in [6.07, 6.45) is 1.40. The highest BCUT2D eigenvalue weighted by molar-refractivity contribution is 9.10. The van der Waals surface area contributed by atoms with E-state index in [-0.39, 0.29) is 11.7 Å². The van der Waals surface area contributed by atoms with Gasteiger partial charge in [-0.1, -0.05) is 0 Å². The number of halogens is 1. The third kappa shape index (κ3) is 5.05. The maximum absolute atomic E-state index is 12.3. The highest BCUT2D eigenvalue weighted by Crippen LogP contribution is 2.23. The number of fused-ring (bicyclic) bond motifs is 1. The Morgan fingerprint density at radius 2 is 2.00 bits per heavy atom. The number of carbonyl (C=O) groups is 2. The number of nitrogens with zero attached hydrogens (tertiary/aromatic N) is 3. The Hall–Kier alpha value is -2.36. The van der Waals surface area contributed by atoms with E-state index in [1.165, 1.54) is 10.8 Å². The second kappa shape index (κ2) is 7.68. The summed E-state index contributed by atoms with van der Waals surface area (Å²) in [5, 5.41) is 9.45. The van der Waals surface area contributed by atoms with Crippen molar-refractivity contribution in [2.45, 2.75) is 32.8 Å². The van der Waals surface area contributed by atoms with E-state index >= 15 is 0 Å². The highest BCUT2D eigenvalue weighted by Gasteiger charge is 2.18. The smallest absolute Gasteiger partial charge is 0.407 e. The van der Waals surface area contributed by atoms with Crippen molar-refractivity contribution in [1.29, 1.82) is 0 Å². The van der Waals surface area contributed by atoms with Crippen molar-refractivity contribution in [3.8, 4) is 0 Å². The van der Waals surface area contributed by atoms with Crippen molar-refractivity contribution >= 4 is 39.3 Å². The fourth-order valence-corrected chi connectivity index (χ4v) is 2.59. The molecular weight excluding hydrogens is 392 g/mol. The van der Waals surface area contributed by atoms with Gasteiger partial charge in [-0.3, -0.25) is 4.79 Å². The summed E-state index contributed by atoms with van der Waals surface area (Å²) in [4.78, 5) is 27.8. The number of hydrogen-bond donors (Lipinski definition) is 3. The van der Waals surface area contributed by atoms with Crippen LogP contribution in [0.15, 0.2) is 17.0 Å². The second-order valence-electron chi connectivity index (χ2n) is 6.32. The second-order valence-corrected chi connectivity index (χ2v) is 7.14. The molecule has 0 aliphatic heterocycles. The van der Waals surface area contributed by atoms with Crippen LogP contribution in [-0.4, -0.2) is 45.3 Å². The average Bonchev–Trinajstić information content (AvgIpc) is 2.84. The molecule has 0 fully saturated rings. The first kappa shape index (κ1) is 19.0. The molecule has 2 aromatic heterocycles. The van der Waals surface area contributed by atoms with Gasteiger partial charge in [-0.15, -0.1) is 0 Å². The molecule has 2 heterocycles. The lowest BCUT2D eigenvalue weighted by Gasteiger charge is -2.19. The van der Waals surface area contributed by atoms with Crippen LogP contribution in [0.5, 0.6) is 0 Å². The van der Waals surface area contributed by atoms with Crippen LogP contribution in [0.3, 0.4) is 0 Å². The maximum Gasteiger partial charge on any atom is 0.407 e. The minimum absolute atomic E-state index is 0.220. The summed E-state index contributed by atoms with van der Waals surface area (Å²) in [7, 11) is 0. The van der Waals surface area contributed by atoms with Crippen LogP contribution < -0.4 is 16.4 Å². The molecule has 0 unspecified atom stereocenters. The quantitative estimate of drug-likeness (QED) is 0.642. The first-order valence-corrected chi connectivity index (χ1v) is 8.51. The maximum atomic E-state index is 12.3. The van der Waals surface area contributed by atoms with Gasteiger partial charge in [-0.25, -0.2) is 14.3 Å². The van der Waals surface area contributed by atoms with Crippen LogP contribution in [-0.2, 0) is 4.74 Å². The molecule has 10 heteroatoms. The van der Waals surface area contributed by atoms with Gasteiger partial charge in [0.25, 0.3) is 5.91 Å². The van der Waals surface area contributed by atoms with Gasteiger partial charge in [-0.2, -0.15) is 5.10 Å². The number of amides is 2. The third-order valence-corrected chi connectivity index (χ3v) is 3.66. The van der Waals surface area contributed by atoms with Gasteiger partial charge in [-0.05, 0) is 49.2 Å². The zero-order valence-electron chi connectivity index (χ0n) is 14.3. The number of anilines is 1. The number of hydrogen-bond acceptors (Lipinski definition) is 6. The fourth-order valence-electron chi connectivity index (χ4n) is 2.09. The van der Waals surface area contributed by atoms with E-state index in [4.69, 9.17) is 10.5 Å². The molecule has 2 aromatic rings. The van der Waals surface area contributed by atoms with Crippen LogP contribution >= 0.6 is 15.9 Å². The molecule has 136 valence electrons. The Bertz CT molecular complexity index is 783. The zero-order valence-corrected chi connectivity index (χ0v) is 15.9. The summed E-state index contributed by atoms with van der Waals surface area (Å²) >= 11 is 3.33. The Labute approximate surface area is 153 Å². The number of alkyl carbamates (subject to hydrolysis) is 1. The first-order chi connectivity index (χ1) is 11.7. The number of carbonyl (C=O) groups excluding carboxylic acids is 2. The monoisotopic (exact) mass is 412 g/mol. The normalized spacial score (nSPS) is 11.4. The molecule has 0 aliphatic carbocycles. The van der Waals surface area contributed by atoms with Gasteiger partial charge in [0.1, 0.15) is 22.0 Å². The summed E-state index contributed by atoms with van der Waals surface area (Å²) in [6, 6.07) is 1.63. The van der Waals surface area contributed by atoms with E-state index in [2.05, 4.69) is 36.6 Å². The molecule has 2 rings (SSSR count). The van der Waals surface area contributed by atoms with E-state index in [9.17, 15) is 9.59 Å². The van der Waals surface area contributed by atoms with Crippen molar-refractivity contribution in [2.75, 3.05) is 18.8 Å². The topological polar surface area (TPSA) is 124 Å². The van der Waals surface area contributed by atoms with Crippen molar-refractivity contribution in [2.24, 2.45) is 0 Å². The molecule has 0 aliphatic rings. The molecule has 25 heavy (non-hydrogen) atoms. The summed E-state index contributed by atoms with van der Waals surface area (Å²) in [5.74, 6) is -0.0700. The van der Waals surface area contributed by atoms with E-state index in [0.717, 1.165) is 0 Å². The van der Waals surface area contributed by atoms with Crippen molar-refractivity contribution in [1.82, 2.24) is 25.2 Å². The standard InChI is InChI=1S/C15H21BrN6O3/c1-15(2,3)25-14(24)19-6-4-5-18-13(23)9-7-10(16)22-11(9)12(17)20-8-21-22/h7-8H,4-6H2,1-3H3,(H,18,23)(H,19,24)(H2,17,20,21). The van der Waals surface area contributed by atoms with Gasteiger partial charge >= 0.3 is 6.09 Å². The van der Waals surface area contributed by atoms with Gasteiger partial charge < -0.3 is 21.1 Å². The number of nitrogen functional groups attached to an aromatic ring is 1. The summed E-state index contributed by atoms with van der Waals surface area (Å²) in [5.41, 5.74) is 6.12. The predicted octanol–water partition coefficient (Wildman–Crippen LogP) is 1.72. The van der Waals surface area contributed by atoms with Crippen molar-refractivity contribution in [3.05, 3.63) is 22.6 Å². The molecular formula is C15H21BrN6O3. The highest BCUT2D eigenvalue weighted by atomic mass is 79.9. The van der Waals surface area contributed by atoms with Crippen LogP contribution in [0.4, 0.5) is 10.6 Å². The number of nitrogens with one attached hydrogen (secondary N) is 2. The van der Waals surface area contributed by atoms with Crippen LogP contribution in [0.2, 0.25) is 0 Å². The SMILES string of the molecule is CC(C)(C)OC(=O)NCCCNC(=O)c1cc(Br)n2ncnc(N)c12. The molecule has 0 atom stereocenters. The van der Waals surface area contributed by atoms with Crippen LogP contribution in [0.1, 0.15) is 37.6 Å². The molecule has 9 nitrogen and oxygen atoms in total. The average molecular weight is 413 g/mol. The van der Waals surface area contributed by atoms with E-state index in [0.29, 0.717) is 35.2 Å². The number of ether oxygens (including phenoxy) is 1. The third-order valence-electron chi connectivity index (χ3n) is 3.09. The molecule has 4 N–H and O–H groups in total. The van der Waals surface area contributed by atoms with Gasteiger partial charge in [0.05, 0.1) is 5.56 Å². The predicted molar refractivity (Wildman–Crippen MR) is 96.3 cm³/mol. The lowest BCUT2D eigenvalue weighted by atomic mass is 10.2. The molecule has 0 saturated carbocycles. The van der Waals surface area contributed by atoms with Gasteiger partial charge in [0.15, 0.2) is 5.82 Å². The number of rotatable bonds is 5. The molecule has 2 amide bonds.